The lowest BCUT2D eigenvalue weighted by molar-refractivity contribution is 0.118. The van der Waals surface area contributed by atoms with Gasteiger partial charge < -0.3 is 10.1 Å². The average molecular weight is 143 g/mol. The van der Waals surface area contributed by atoms with Gasteiger partial charge in [-0.3, -0.25) is 0 Å². The van der Waals surface area contributed by atoms with Crippen LogP contribution in [0.3, 0.4) is 0 Å². The van der Waals surface area contributed by atoms with Crippen LogP contribution in [-0.2, 0) is 4.74 Å². The molecule has 0 bridgehead atoms. The van der Waals surface area contributed by atoms with E-state index in [9.17, 15) is 0 Å². The quantitative estimate of drug-likeness (QED) is 0.461. The second kappa shape index (κ2) is 6.78. The van der Waals surface area contributed by atoms with E-state index in [0.717, 1.165) is 13.1 Å². The van der Waals surface area contributed by atoms with Gasteiger partial charge in [0.1, 0.15) is 0 Å². The monoisotopic (exact) mass is 143 g/mol. The van der Waals surface area contributed by atoms with Crippen molar-refractivity contribution in [3.05, 3.63) is 12.2 Å². The number of methoxy groups -OCH3 is 1. The molecular weight excluding hydrogens is 126 g/mol. The first-order chi connectivity index (χ1) is 4.81. The highest BCUT2D eigenvalue weighted by molar-refractivity contribution is 4.79. The van der Waals surface area contributed by atoms with Crippen LogP contribution in [0.1, 0.15) is 13.8 Å². The van der Waals surface area contributed by atoms with Crippen LogP contribution in [0.15, 0.2) is 12.2 Å². The molecule has 10 heavy (non-hydrogen) atoms. The third-order valence-corrected chi connectivity index (χ3v) is 1.33. The summed E-state index contributed by atoms with van der Waals surface area (Å²) in [6, 6.07) is 0. The van der Waals surface area contributed by atoms with Gasteiger partial charge in [0.15, 0.2) is 0 Å². The lowest BCUT2D eigenvalue weighted by Gasteiger charge is -2.08. The Morgan fingerprint density at radius 2 is 2.30 bits per heavy atom. The fraction of sp³-hybridized carbons (Fsp3) is 0.750. The summed E-state index contributed by atoms with van der Waals surface area (Å²) in [6.45, 7) is 5.91. The Labute approximate surface area is 63.3 Å². The van der Waals surface area contributed by atoms with E-state index in [1.807, 2.05) is 19.9 Å². The molecule has 0 rings (SSSR count). The number of hydrogen-bond donors (Lipinski definition) is 1. The highest BCUT2D eigenvalue weighted by Crippen LogP contribution is 1.82. The number of allylic oxidation sites excluding steroid dienone is 1. The highest BCUT2D eigenvalue weighted by Gasteiger charge is 1.94. The number of ether oxygens (including phenoxy) is 1. The van der Waals surface area contributed by atoms with Crippen molar-refractivity contribution in [1.29, 1.82) is 0 Å². The Morgan fingerprint density at radius 1 is 1.60 bits per heavy atom. The third-order valence-electron chi connectivity index (χ3n) is 1.33. The lowest BCUT2D eigenvalue weighted by Crippen LogP contribution is -2.25. The molecule has 0 aromatic carbocycles. The Morgan fingerprint density at radius 3 is 2.80 bits per heavy atom. The zero-order valence-corrected chi connectivity index (χ0v) is 7.05. The molecular formula is C8H17NO. The molecule has 0 spiro atoms. The van der Waals surface area contributed by atoms with Crippen molar-refractivity contribution in [3.8, 4) is 0 Å². The molecule has 0 aromatic heterocycles. The Hall–Kier alpha value is -0.340. The minimum Gasteiger partial charge on any atom is -0.380 e. The van der Waals surface area contributed by atoms with Crippen molar-refractivity contribution < 1.29 is 4.74 Å². The molecule has 0 aliphatic carbocycles. The molecule has 0 amide bonds. The van der Waals surface area contributed by atoms with Gasteiger partial charge in [-0.15, -0.1) is 0 Å². The summed E-state index contributed by atoms with van der Waals surface area (Å²) in [4.78, 5) is 0. The van der Waals surface area contributed by atoms with E-state index in [-0.39, 0.29) is 0 Å². The van der Waals surface area contributed by atoms with Crippen LogP contribution in [0.2, 0.25) is 0 Å². The SMILES string of the molecule is C/C=C/CNC[C@@H](C)OC. The summed E-state index contributed by atoms with van der Waals surface area (Å²) in [7, 11) is 1.72. The van der Waals surface area contributed by atoms with E-state index in [2.05, 4.69) is 11.4 Å². The summed E-state index contributed by atoms with van der Waals surface area (Å²) in [5, 5.41) is 3.23. The minimum absolute atomic E-state index is 0.310. The van der Waals surface area contributed by atoms with Crippen molar-refractivity contribution in [3.63, 3.8) is 0 Å². The van der Waals surface area contributed by atoms with E-state index < -0.39 is 0 Å². The van der Waals surface area contributed by atoms with E-state index in [1.165, 1.54) is 0 Å². The first-order valence-corrected chi connectivity index (χ1v) is 3.66. The molecule has 0 aliphatic rings. The fourth-order valence-corrected chi connectivity index (χ4v) is 0.571. The van der Waals surface area contributed by atoms with Crippen LogP contribution in [0.25, 0.3) is 0 Å². The third kappa shape index (κ3) is 5.79. The van der Waals surface area contributed by atoms with E-state index >= 15 is 0 Å². The molecule has 2 heteroatoms. The molecule has 0 heterocycles. The largest absolute Gasteiger partial charge is 0.380 e. The first-order valence-electron chi connectivity index (χ1n) is 3.66. The molecule has 60 valence electrons. The summed E-state index contributed by atoms with van der Waals surface area (Å²) >= 11 is 0. The molecule has 0 aromatic rings. The van der Waals surface area contributed by atoms with Gasteiger partial charge in [-0.1, -0.05) is 12.2 Å². The molecule has 0 unspecified atom stereocenters. The van der Waals surface area contributed by atoms with Gasteiger partial charge in [0.05, 0.1) is 6.10 Å². The second-order valence-electron chi connectivity index (χ2n) is 2.27. The molecule has 1 atom stereocenters. The van der Waals surface area contributed by atoms with Crippen molar-refractivity contribution in [2.75, 3.05) is 20.2 Å². The standard InChI is InChI=1S/C8H17NO/c1-4-5-6-9-7-8(2)10-3/h4-5,8-9H,6-7H2,1-3H3/b5-4+/t8-/m1/s1. The summed E-state index contributed by atoms with van der Waals surface area (Å²) < 4.78 is 5.04. The van der Waals surface area contributed by atoms with E-state index in [0.29, 0.717) is 6.10 Å². The number of rotatable bonds is 5. The topological polar surface area (TPSA) is 21.3 Å². The van der Waals surface area contributed by atoms with E-state index in [1.54, 1.807) is 7.11 Å². The Balaban J connectivity index is 3.03. The van der Waals surface area contributed by atoms with Crippen LogP contribution in [0.5, 0.6) is 0 Å². The smallest absolute Gasteiger partial charge is 0.0667 e. The molecule has 0 aliphatic heterocycles. The van der Waals surface area contributed by atoms with Crippen molar-refractivity contribution >= 4 is 0 Å². The maximum atomic E-state index is 5.04. The Kier molecular flexibility index (Phi) is 6.55. The fourth-order valence-electron chi connectivity index (χ4n) is 0.571. The predicted octanol–water partition coefficient (Wildman–Crippen LogP) is 1.19. The molecule has 0 saturated heterocycles. The lowest BCUT2D eigenvalue weighted by atomic mass is 10.4. The van der Waals surface area contributed by atoms with Gasteiger partial charge >= 0.3 is 0 Å². The van der Waals surface area contributed by atoms with Crippen LogP contribution in [-0.4, -0.2) is 26.3 Å². The first kappa shape index (κ1) is 9.66. The van der Waals surface area contributed by atoms with Gasteiger partial charge in [0, 0.05) is 20.2 Å². The van der Waals surface area contributed by atoms with Gasteiger partial charge in [-0.2, -0.15) is 0 Å². The van der Waals surface area contributed by atoms with Gasteiger partial charge in [-0.05, 0) is 13.8 Å². The summed E-state index contributed by atoms with van der Waals surface area (Å²) in [5.41, 5.74) is 0. The highest BCUT2D eigenvalue weighted by atomic mass is 16.5. The van der Waals surface area contributed by atoms with Gasteiger partial charge in [0.2, 0.25) is 0 Å². The van der Waals surface area contributed by atoms with Crippen LogP contribution in [0.4, 0.5) is 0 Å². The normalized spacial score (nSPS) is 14.3. The molecule has 1 N–H and O–H groups in total. The molecule has 0 saturated carbocycles. The second-order valence-corrected chi connectivity index (χ2v) is 2.27. The minimum atomic E-state index is 0.310. The van der Waals surface area contributed by atoms with Crippen molar-refractivity contribution in [1.82, 2.24) is 5.32 Å². The summed E-state index contributed by atoms with van der Waals surface area (Å²) in [6.07, 6.45) is 4.43. The summed E-state index contributed by atoms with van der Waals surface area (Å²) in [5.74, 6) is 0. The van der Waals surface area contributed by atoms with E-state index in [4.69, 9.17) is 4.74 Å². The Bertz CT molecular complexity index is 91.3. The number of nitrogens with one attached hydrogen (secondary N) is 1. The number of hydrogen-bond acceptors (Lipinski definition) is 2. The maximum Gasteiger partial charge on any atom is 0.0667 e. The average Bonchev–Trinajstić information content (AvgIpc) is 1.98. The molecule has 2 nitrogen and oxygen atoms in total. The van der Waals surface area contributed by atoms with Crippen LogP contribution >= 0.6 is 0 Å². The molecule has 0 fully saturated rings. The van der Waals surface area contributed by atoms with Gasteiger partial charge in [-0.25, -0.2) is 0 Å². The zero-order valence-electron chi connectivity index (χ0n) is 7.05. The van der Waals surface area contributed by atoms with Crippen molar-refractivity contribution in [2.24, 2.45) is 0 Å². The van der Waals surface area contributed by atoms with Crippen molar-refractivity contribution in [2.45, 2.75) is 20.0 Å². The molecule has 0 radical (unpaired) electrons. The van der Waals surface area contributed by atoms with Crippen LogP contribution < -0.4 is 5.32 Å². The maximum absolute atomic E-state index is 5.04. The van der Waals surface area contributed by atoms with Crippen LogP contribution in [0, 0.1) is 0 Å². The predicted molar refractivity (Wildman–Crippen MR) is 44.2 cm³/mol. The van der Waals surface area contributed by atoms with Gasteiger partial charge in [0.25, 0.3) is 0 Å². The zero-order chi connectivity index (χ0) is 7.82.